The van der Waals surface area contributed by atoms with Crippen LogP contribution in [0.25, 0.3) is 22.4 Å². The Kier molecular flexibility index (Phi) is 1.94. The lowest BCUT2D eigenvalue weighted by Gasteiger charge is -2.03. The van der Waals surface area contributed by atoms with Crippen LogP contribution < -0.4 is 0 Å². The van der Waals surface area contributed by atoms with Crippen molar-refractivity contribution in [1.82, 2.24) is 29.4 Å². The lowest BCUT2D eigenvalue weighted by molar-refractivity contribution is 0.881. The minimum atomic E-state index is 0.767. The SMILES string of the molecule is Cc1ccc(-n2ncc3c2ncn2ncnc32)cc1. The van der Waals surface area contributed by atoms with Crippen LogP contribution in [0.5, 0.6) is 0 Å². The first-order valence-electron chi connectivity index (χ1n) is 5.92. The van der Waals surface area contributed by atoms with E-state index in [0.29, 0.717) is 0 Å². The van der Waals surface area contributed by atoms with Gasteiger partial charge in [-0.05, 0) is 19.1 Å². The molecular formula is C13H10N6. The fraction of sp³-hybridized carbons (Fsp3) is 0.0769. The third-order valence-electron chi connectivity index (χ3n) is 3.13. The molecule has 1 aromatic carbocycles. The standard InChI is InChI=1S/C13H10N6/c1-9-2-4-10(5-3-9)19-13-11(6-16-19)12-14-7-17-18(12)8-15-13/h2-8H,1H3. The summed E-state index contributed by atoms with van der Waals surface area (Å²) in [7, 11) is 0. The molecule has 0 spiro atoms. The third-order valence-corrected chi connectivity index (χ3v) is 3.13. The highest BCUT2D eigenvalue weighted by molar-refractivity contribution is 5.89. The van der Waals surface area contributed by atoms with Crippen LogP contribution in [0.2, 0.25) is 0 Å². The Labute approximate surface area is 108 Å². The van der Waals surface area contributed by atoms with Crippen LogP contribution in [-0.4, -0.2) is 29.4 Å². The van der Waals surface area contributed by atoms with Gasteiger partial charge in [-0.1, -0.05) is 17.7 Å². The fourth-order valence-electron chi connectivity index (χ4n) is 2.14. The Balaban J connectivity index is 2.02. The van der Waals surface area contributed by atoms with Crippen molar-refractivity contribution >= 4 is 16.7 Å². The summed E-state index contributed by atoms with van der Waals surface area (Å²) in [5.74, 6) is 0. The van der Waals surface area contributed by atoms with Crippen molar-refractivity contribution in [2.75, 3.05) is 0 Å². The normalized spacial score (nSPS) is 11.4. The van der Waals surface area contributed by atoms with Crippen molar-refractivity contribution in [2.24, 2.45) is 0 Å². The Morgan fingerprint density at radius 1 is 0.947 bits per heavy atom. The van der Waals surface area contributed by atoms with Crippen LogP contribution in [0.4, 0.5) is 0 Å². The van der Waals surface area contributed by atoms with Crippen LogP contribution in [0.1, 0.15) is 5.56 Å². The maximum atomic E-state index is 4.40. The van der Waals surface area contributed by atoms with E-state index < -0.39 is 0 Å². The molecule has 0 saturated carbocycles. The maximum Gasteiger partial charge on any atom is 0.169 e. The van der Waals surface area contributed by atoms with Crippen molar-refractivity contribution < 1.29 is 0 Å². The van der Waals surface area contributed by atoms with Crippen molar-refractivity contribution in [3.8, 4) is 5.69 Å². The van der Waals surface area contributed by atoms with Gasteiger partial charge in [0.25, 0.3) is 0 Å². The average Bonchev–Trinajstić information content (AvgIpc) is 3.04. The van der Waals surface area contributed by atoms with E-state index in [4.69, 9.17) is 0 Å². The zero-order chi connectivity index (χ0) is 12.8. The van der Waals surface area contributed by atoms with Crippen LogP contribution in [-0.2, 0) is 0 Å². The number of aromatic nitrogens is 6. The first-order chi connectivity index (χ1) is 9.33. The van der Waals surface area contributed by atoms with Crippen LogP contribution in [0.3, 0.4) is 0 Å². The van der Waals surface area contributed by atoms with Crippen molar-refractivity contribution in [1.29, 1.82) is 0 Å². The van der Waals surface area contributed by atoms with Gasteiger partial charge in [-0.2, -0.15) is 10.2 Å². The third kappa shape index (κ3) is 1.43. The van der Waals surface area contributed by atoms with E-state index in [1.54, 1.807) is 17.0 Å². The van der Waals surface area contributed by atoms with E-state index in [0.717, 1.165) is 22.4 Å². The van der Waals surface area contributed by atoms with E-state index in [1.165, 1.54) is 11.9 Å². The van der Waals surface area contributed by atoms with E-state index in [9.17, 15) is 0 Å². The number of hydrogen-bond acceptors (Lipinski definition) is 4. The molecule has 6 nitrogen and oxygen atoms in total. The van der Waals surface area contributed by atoms with Gasteiger partial charge in [-0.25, -0.2) is 19.2 Å². The van der Waals surface area contributed by atoms with Gasteiger partial charge in [-0.15, -0.1) is 0 Å². The Morgan fingerprint density at radius 3 is 2.63 bits per heavy atom. The molecule has 4 rings (SSSR count). The molecule has 6 heteroatoms. The molecule has 0 aliphatic rings. The predicted octanol–water partition coefficient (Wildman–Crippen LogP) is 1.77. The van der Waals surface area contributed by atoms with E-state index in [1.807, 2.05) is 16.8 Å². The highest BCUT2D eigenvalue weighted by Crippen LogP contribution is 2.19. The minimum Gasteiger partial charge on any atom is -0.216 e. The zero-order valence-electron chi connectivity index (χ0n) is 10.2. The molecule has 0 aliphatic heterocycles. The number of nitrogens with zero attached hydrogens (tertiary/aromatic N) is 6. The van der Waals surface area contributed by atoms with Crippen molar-refractivity contribution in [3.05, 3.63) is 48.7 Å². The summed E-state index contributed by atoms with van der Waals surface area (Å²) in [5, 5.41) is 9.36. The molecule has 0 atom stereocenters. The van der Waals surface area contributed by atoms with Gasteiger partial charge < -0.3 is 0 Å². The highest BCUT2D eigenvalue weighted by atomic mass is 15.3. The molecule has 4 aromatic rings. The minimum absolute atomic E-state index is 0.767. The molecule has 3 heterocycles. The van der Waals surface area contributed by atoms with Gasteiger partial charge >= 0.3 is 0 Å². The van der Waals surface area contributed by atoms with Crippen LogP contribution >= 0.6 is 0 Å². The molecule has 0 aliphatic carbocycles. The van der Waals surface area contributed by atoms with Crippen molar-refractivity contribution in [2.45, 2.75) is 6.92 Å². The topological polar surface area (TPSA) is 60.9 Å². The van der Waals surface area contributed by atoms with Gasteiger partial charge in [0.15, 0.2) is 11.3 Å². The van der Waals surface area contributed by atoms with Gasteiger partial charge in [0.1, 0.15) is 12.7 Å². The van der Waals surface area contributed by atoms with Crippen LogP contribution in [0, 0.1) is 6.92 Å². The summed E-state index contributed by atoms with van der Waals surface area (Å²) < 4.78 is 3.45. The number of hydrogen-bond donors (Lipinski definition) is 0. The second-order valence-corrected chi connectivity index (χ2v) is 4.40. The molecule has 0 radical (unpaired) electrons. The predicted molar refractivity (Wildman–Crippen MR) is 70.1 cm³/mol. The Hall–Kier alpha value is -2.76. The quantitative estimate of drug-likeness (QED) is 0.516. The molecule has 0 N–H and O–H groups in total. The second kappa shape index (κ2) is 3.61. The summed E-state index contributed by atoms with van der Waals surface area (Å²) in [6.45, 7) is 2.06. The number of fused-ring (bicyclic) bond motifs is 3. The monoisotopic (exact) mass is 250 g/mol. The zero-order valence-corrected chi connectivity index (χ0v) is 10.2. The van der Waals surface area contributed by atoms with E-state index >= 15 is 0 Å². The van der Waals surface area contributed by atoms with Gasteiger partial charge in [0.2, 0.25) is 0 Å². The molecule has 3 aromatic heterocycles. The molecular weight excluding hydrogens is 240 g/mol. The van der Waals surface area contributed by atoms with E-state index in [2.05, 4.69) is 39.2 Å². The first-order valence-corrected chi connectivity index (χ1v) is 5.92. The largest absolute Gasteiger partial charge is 0.216 e. The summed E-state index contributed by atoms with van der Waals surface area (Å²) in [4.78, 5) is 8.63. The van der Waals surface area contributed by atoms with Crippen molar-refractivity contribution in [3.63, 3.8) is 0 Å². The number of aryl methyl sites for hydroxylation is 1. The highest BCUT2D eigenvalue weighted by Gasteiger charge is 2.10. The molecule has 0 fully saturated rings. The summed E-state index contributed by atoms with van der Waals surface area (Å²) in [6.07, 6.45) is 4.93. The summed E-state index contributed by atoms with van der Waals surface area (Å²) in [5.41, 5.74) is 3.75. The molecule has 0 saturated heterocycles. The Bertz CT molecular complexity index is 871. The smallest absolute Gasteiger partial charge is 0.169 e. The summed E-state index contributed by atoms with van der Waals surface area (Å²) in [6, 6.07) is 8.16. The second-order valence-electron chi connectivity index (χ2n) is 4.40. The maximum absolute atomic E-state index is 4.40. The number of rotatable bonds is 1. The Morgan fingerprint density at radius 2 is 1.79 bits per heavy atom. The van der Waals surface area contributed by atoms with Gasteiger partial charge in [0.05, 0.1) is 17.3 Å². The lowest BCUT2D eigenvalue weighted by atomic mass is 10.2. The van der Waals surface area contributed by atoms with Crippen LogP contribution in [0.15, 0.2) is 43.1 Å². The van der Waals surface area contributed by atoms with Gasteiger partial charge in [0, 0.05) is 0 Å². The summed E-state index contributed by atoms with van der Waals surface area (Å²) >= 11 is 0. The average molecular weight is 250 g/mol. The molecule has 0 unspecified atom stereocenters. The molecule has 19 heavy (non-hydrogen) atoms. The number of benzene rings is 1. The van der Waals surface area contributed by atoms with Gasteiger partial charge in [-0.3, -0.25) is 0 Å². The lowest BCUT2D eigenvalue weighted by Crippen LogP contribution is -1.98. The fourth-order valence-corrected chi connectivity index (χ4v) is 2.14. The molecule has 92 valence electrons. The molecule has 0 amide bonds. The first kappa shape index (κ1) is 10.2. The molecule has 0 bridgehead atoms. The van der Waals surface area contributed by atoms with E-state index in [-0.39, 0.29) is 0 Å².